The lowest BCUT2D eigenvalue weighted by Gasteiger charge is -2.21. The smallest absolute Gasteiger partial charge is 0.413 e. The first-order valence-electron chi connectivity index (χ1n) is 11.6. The SMILES string of the molecule is CCC(=O)NC(=Nc1ccc(S(=O)c2ccccc2)cc1NC(=O)C1CCCCC1)NC(=O)OC. The molecule has 3 amide bonds. The normalized spacial score (nSPS) is 15.1. The topological polar surface area (TPSA) is 126 Å². The maximum Gasteiger partial charge on any atom is 0.413 e. The van der Waals surface area contributed by atoms with Crippen LogP contribution in [0.5, 0.6) is 0 Å². The van der Waals surface area contributed by atoms with Crippen LogP contribution in [0.4, 0.5) is 16.2 Å². The van der Waals surface area contributed by atoms with Crippen LogP contribution in [0.3, 0.4) is 0 Å². The summed E-state index contributed by atoms with van der Waals surface area (Å²) in [5.74, 6) is -0.760. The molecule has 9 nitrogen and oxygen atoms in total. The predicted octanol–water partition coefficient (Wildman–Crippen LogP) is 4.24. The minimum atomic E-state index is -1.48. The lowest BCUT2D eigenvalue weighted by atomic mass is 9.88. The van der Waals surface area contributed by atoms with Gasteiger partial charge in [0.15, 0.2) is 0 Å². The molecular formula is C25H30N4O5S. The first kappa shape index (κ1) is 26.1. The van der Waals surface area contributed by atoms with Crippen molar-refractivity contribution in [1.29, 1.82) is 0 Å². The first-order valence-corrected chi connectivity index (χ1v) is 12.7. The minimum absolute atomic E-state index is 0.115. The van der Waals surface area contributed by atoms with Gasteiger partial charge in [-0.3, -0.25) is 20.2 Å². The molecular weight excluding hydrogens is 468 g/mol. The van der Waals surface area contributed by atoms with E-state index in [-0.39, 0.29) is 35.8 Å². The van der Waals surface area contributed by atoms with Crippen LogP contribution in [0, 0.1) is 5.92 Å². The fourth-order valence-corrected chi connectivity index (χ4v) is 4.78. The van der Waals surface area contributed by atoms with E-state index in [1.807, 2.05) is 6.07 Å². The van der Waals surface area contributed by atoms with Crippen LogP contribution in [0.1, 0.15) is 45.4 Å². The summed E-state index contributed by atoms with van der Waals surface area (Å²) in [7, 11) is -0.285. The Morgan fingerprint density at radius 1 is 1.00 bits per heavy atom. The molecule has 10 heteroatoms. The Morgan fingerprint density at radius 3 is 2.37 bits per heavy atom. The second kappa shape index (κ2) is 12.8. The molecule has 0 bridgehead atoms. The van der Waals surface area contributed by atoms with Gasteiger partial charge in [0, 0.05) is 22.1 Å². The van der Waals surface area contributed by atoms with E-state index in [4.69, 9.17) is 0 Å². The Balaban J connectivity index is 1.99. The molecule has 1 aliphatic rings. The Hall–Kier alpha value is -3.53. The van der Waals surface area contributed by atoms with E-state index in [0.717, 1.165) is 32.1 Å². The van der Waals surface area contributed by atoms with Gasteiger partial charge in [-0.15, -0.1) is 0 Å². The van der Waals surface area contributed by atoms with Gasteiger partial charge in [-0.05, 0) is 43.2 Å². The van der Waals surface area contributed by atoms with Gasteiger partial charge in [0.05, 0.1) is 29.3 Å². The lowest BCUT2D eigenvalue weighted by molar-refractivity contribution is -0.121. The maximum absolute atomic E-state index is 13.1. The third-order valence-corrected chi connectivity index (χ3v) is 6.97. The molecule has 0 aliphatic heterocycles. The number of aliphatic imine (C=N–C) groups is 1. The highest BCUT2D eigenvalue weighted by Crippen LogP contribution is 2.31. The highest BCUT2D eigenvalue weighted by Gasteiger charge is 2.23. The fourth-order valence-electron chi connectivity index (χ4n) is 3.68. The molecule has 1 unspecified atom stereocenters. The number of anilines is 1. The van der Waals surface area contributed by atoms with Crippen LogP contribution in [0.15, 0.2) is 63.3 Å². The molecule has 1 aliphatic carbocycles. The van der Waals surface area contributed by atoms with E-state index in [0.29, 0.717) is 15.5 Å². The average Bonchev–Trinajstić information content (AvgIpc) is 2.89. The van der Waals surface area contributed by atoms with Gasteiger partial charge in [0.25, 0.3) is 0 Å². The Bertz CT molecular complexity index is 1090. The number of amides is 3. The lowest BCUT2D eigenvalue weighted by Crippen LogP contribution is -2.43. The second-order valence-corrected chi connectivity index (χ2v) is 9.54. The standard InChI is InChI=1S/C25H30N4O5S/c1-3-22(30)28-24(29-25(32)34-2)27-20-15-14-19(35(33)18-12-8-5-9-13-18)16-21(20)26-23(31)17-10-6-4-7-11-17/h5,8-9,12-17H,3-4,6-7,10-11H2,1-2H3,(H,26,31)(H2,27,28,29,30,32). The monoisotopic (exact) mass is 498 g/mol. The zero-order chi connectivity index (χ0) is 25.2. The van der Waals surface area contributed by atoms with Crippen LogP contribution in [-0.2, 0) is 25.1 Å². The van der Waals surface area contributed by atoms with Crippen LogP contribution >= 0.6 is 0 Å². The number of guanidine groups is 1. The van der Waals surface area contributed by atoms with E-state index in [9.17, 15) is 18.6 Å². The van der Waals surface area contributed by atoms with E-state index < -0.39 is 16.9 Å². The Labute approximate surface area is 207 Å². The largest absolute Gasteiger partial charge is 0.453 e. The van der Waals surface area contributed by atoms with Crippen molar-refractivity contribution in [2.45, 2.75) is 55.2 Å². The molecule has 2 aromatic rings. The van der Waals surface area contributed by atoms with Gasteiger partial charge in [-0.1, -0.05) is 44.4 Å². The van der Waals surface area contributed by atoms with Gasteiger partial charge in [0.2, 0.25) is 17.8 Å². The van der Waals surface area contributed by atoms with E-state index in [2.05, 4.69) is 25.7 Å². The third-order valence-electron chi connectivity index (χ3n) is 5.59. The number of benzene rings is 2. The molecule has 0 aromatic heterocycles. The molecule has 35 heavy (non-hydrogen) atoms. The second-order valence-electron chi connectivity index (χ2n) is 8.06. The zero-order valence-corrected chi connectivity index (χ0v) is 20.7. The molecule has 0 saturated heterocycles. The van der Waals surface area contributed by atoms with Gasteiger partial charge in [0.1, 0.15) is 0 Å². The predicted molar refractivity (Wildman–Crippen MR) is 134 cm³/mol. The van der Waals surface area contributed by atoms with Crippen molar-refractivity contribution in [3.8, 4) is 0 Å². The molecule has 3 rings (SSSR count). The maximum atomic E-state index is 13.1. The summed E-state index contributed by atoms with van der Waals surface area (Å²) in [5.41, 5.74) is 0.614. The summed E-state index contributed by atoms with van der Waals surface area (Å²) >= 11 is 0. The number of alkyl carbamates (subject to hydrolysis) is 1. The number of carbonyl (C=O) groups is 3. The van der Waals surface area contributed by atoms with Gasteiger partial charge < -0.3 is 10.1 Å². The summed E-state index contributed by atoms with van der Waals surface area (Å²) in [6, 6.07) is 13.8. The zero-order valence-electron chi connectivity index (χ0n) is 19.8. The number of ether oxygens (including phenoxy) is 1. The van der Waals surface area contributed by atoms with Crippen LogP contribution in [0.2, 0.25) is 0 Å². The molecule has 0 heterocycles. The molecule has 1 saturated carbocycles. The summed E-state index contributed by atoms with van der Waals surface area (Å²) < 4.78 is 17.7. The number of hydrogen-bond donors (Lipinski definition) is 3. The van der Waals surface area contributed by atoms with Crippen LogP contribution in [0.25, 0.3) is 0 Å². The Morgan fingerprint density at radius 2 is 1.71 bits per heavy atom. The highest BCUT2D eigenvalue weighted by atomic mass is 32.2. The number of carbonyl (C=O) groups excluding carboxylic acids is 3. The van der Waals surface area contributed by atoms with Gasteiger partial charge in [-0.2, -0.15) is 0 Å². The van der Waals surface area contributed by atoms with Crippen molar-refractivity contribution in [2.75, 3.05) is 12.4 Å². The molecule has 1 fully saturated rings. The van der Waals surface area contributed by atoms with Crippen LogP contribution in [-0.4, -0.2) is 35.2 Å². The highest BCUT2D eigenvalue weighted by molar-refractivity contribution is 7.85. The number of nitrogens with one attached hydrogen (secondary N) is 3. The minimum Gasteiger partial charge on any atom is -0.453 e. The average molecular weight is 499 g/mol. The molecule has 1 atom stereocenters. The molecule has 2 aromatic carbocycles. The fraction of sp³-hybridized carbons (Fsp3) is 0.360. The van der Waals surface area contributed by atoms with Crippen LogP contribution < -0.4 is 16.0 Å². The van der Waals surface area contributed by atoms with Crippen molar-refractivity contribution in [2.24, 2.45) is 10.9 Å². The van der Waals surface area contributed by atoms with Crippen molar-refractivity contribution >= 4 is 46.0 Å². The number of hydrogen-bond acceptors (Lipinski definition) is 6. The summed E-state index contributed by atoms with van der Waals surface area (Å²) in [4.78, 5) is 42.2. The van der Waals surface area contributed by atoms with Gasteiger partial charge in [-0.25, -0.2) is 14.0 Å². The molecule has 186 valence electrons. The number of rotatable bonds is 6. The van der Waals surface area contributed by atoms with Crippen molar-refractivity contribution in [3.63, 3.8) is 0 Å². The summed E-state index contributed by atoms with van der Waals surface area (Å²) in [6.07, 6.45) is 4.08. The van der Waals surface area contributed by atoms with Crippen molar-refractivity contribution in [3.05, 3.63) is 48.5 Å². The third kappa shape index (κ3) is 7.48. The summed E-state index contributed by atoms with van der Waals surface area (Å²) in [5, 5.41) is 7.82. The quantitative estimate of drug-likeness (QED) is 0.406. The first-order chi connectivity index (χ1) is 16.9. The van der Waals surface area contributed by atoms with Crippen molar-refractivity contribution in [1.82, 2.24) is 10.6 Å². The van der Waals surface area contributed by atoms with Gasteiger partial charge >= 0.3 is 6.09 Å². The van der Waals surface area contributed by atoms with E-state index in [1.165, 1.54) is 7.11 Å². The summed E-state index contributed by atoms with van der Waals surface area (Å²) in [6.45, 7) is 1.66. The Kier molecular flexibility index (Phi) is 9.54. The van der Waals surface area contributed by atoms with E-state index in [1.54, 1.807) is 49.4 Å². The number of methoxy groups -OCH3 is 1. The van der Waals surface area contributed by atoms with Crippen molar-refractivity contribution < 1.29 is 23.3 Å². The number of nitrogens with zero attached hydrogens (tertiary/aromatic N) is 1. The molecule has 0 spiro atoms. The van der Waals surface area contributed by atoms with E-state index >= 15 is 0 Å². The molecule has 0 radical (unpaired) electrons. The molecule has 3 N–H and O–H groups in total.